The standard InChI is InChI=1S/C15H27BrN2O/c1-17(2)14-7-9-18(10-8-14)11-15(19)12-3-5-13(16)6-4-12/h12-14H,3-11H2,1-2H3/p+1. The van der Waals surface area contributed by atoms with Crippen LogP contribution in [-0.2, 0) is 4.79 Å². The third kappa shape index (κ3) is 4.54. The number of likely N-dealkylation sites (tertiary alicyclic amines) is 1. The SMILES string of the molecule is CN(C)C1CC[NH+](CC(=O)C2CCC(Br)CC2)CC1. The van der Waals surface area contributed by atoms with Crippen molar-refractivity contribution in [3.05, 3.63) is 0 Å². The lowest BCUT2D eigenvalue weighted by Gasteiger charge is -2.33. The lowest BCUT2D eigenvalue weighted by atomic mass is 9.86. The summed E-state index contributed by atoms with van der Waals surface area (Å²) < 4.78 is 0. The summed E-state index contributed by atoms with van der Waals surface area (Å²) in [4.78, 5) is 16.8. The molecule has 3 nitrogen and oxygen atoms in total. The van der Waals surface area contributed by atoms with E-state index in [0.717, 1.165) is 25.4 Å². The predicted octanol–water partition coefficient (Wildman–Crippen LogP) is 1.12. The number of piperidine rings is 1. The molecule has 0 aromatic carbocycles. The van der Waals surface area contributed by atoms with Crippen molar-refractivity contribution in [2.24, 2.45) is 5.92 Å². The summed E-state index contributed by atoms with van der Waals surface area (Å²) >= 11 is 3.66. The van der Waals surface area contributed by atoms with Gasteiger partial charge in [-0.15, -0.1) is 0 Å². The lowest BCUT2D eigenvalue weighted by molar-refractivity contribution is -0.897. The third-order valence-corrected chi connectivity index (χ3v) is 5.84. The smallest absolute Gasteiger partial charge is 0.189 e. The number of halogens is 1. The molecule has 2 fully saturated rings. The lowest BCUT2D eigenvalue weighted by Crippen LogP contribution is -3.14. The fourth-order valence-corrected chi connectivity index (χ4v) is 4.00. The zero-order valence-electron chi connectivity index (χ0n) is 12.3. The number of nitrogens with one attached hydrogen (secondary N) is 1. The highest BCUT2D eigenvalue weighted by Crippen LogP contribution is 2.28. The van der Waals surface area contributed by atoms with Crippen LogP contribution in [0.4, 0.5) is 0 Å². The summed E-state index contributed by atoms with van der Waals surface area (Å²) in [6.07, 6.45) is 7.03. The van der Waals surface area contributed by atoms with Crippen molar-refractivity contribution in [2.45, 2.75) is 49.4 Å². The first kappa shape index (κ1) is 15.5. The van der Waals surface area contributed by atoms with E-state index in [1.54, 1.807) is 0 Å². The normalized spacial score (nSPS) is 36.4. The number of carbonyl (C=O) groups excluding carboxylic acids is 1. The molecule has 2 aliphatic rings. The van der Waals surface area contributed by atoms with Crippen LogP contribution in [0, 0.1) is 5.92 Å². The first-order valence-corrected chi connectivity index (χ1v) is 8.64. The van der Waals surface area contributed by atoms with Crippen molar-refractivity contribution < 1.29 is 9.69 Å². The minimum atomic E-state index is 0.355. The molecule has 1 saturated heterocycles. The predicted molar refractivity (Wildman–Crippen MR) is 82.0 cm³/mol. The van der Waals surface area contributed by atoms with Gasteiger partial charge in [0.15, 0.2) is 5.78 Å². The molecule has 0 aromatic rings. The molecule has 0 spiro atoms. The molecule has 1 saturated carbocycles. The fraction of sp³-hybridized carbons (Fsp3) is 0.933. The molecule has 1 aliphatic heterocycles. The van der Waals surface area contributed by atoms with Crippen LogP contribution in [0.1, 0.15) is 38.5 Å². The van der Waals surface area contributed by atoms with Gasteiger partial charge in [-0.3, -0.25) is 4.79 Å². The number of nitrogens with zero attached hydrogens (tertiary/aromatic N) is 1. The Morgan fingerprint density at radius 3 is 2.21 bits per heavy atom. The second-order valence-corrected chi connectivity index (χ2v) is 7.83. The maximum atomic E-state index is 12.3. The molecule has 0 amide bonds. The maximum absolute atomic E-state index is 12.3. The molecular formula is C15H28BrN2O+. The molecule has 2 rings (SSSR count). The second kappa shape index (κ2) is 7.19. The van der Waals surface area contributed by atoms with Crippen LogP contribution in [0.2, 0.25) is 0 Å². The summed E-state index contributed by atoms with van der Waals surface area (Å²) in [7, 11) is 4.33. The van der Waals surface area contributed by atoms with Gasteiger partial charge in [0.25, 0.3) is 0 Å². The van der Waals surface area contributed by atoms with E-state index in [4.69, 9.17) is 0 Å². The number of Topliss-reactive ketones (excluding diaryl/α,β-unsaturated/α-hetero) is 1. The van der Waals surface area contributed by atoms with Gasteiger partial charge in [0.05, 0.1) is 13.1 Å². The number of ketones is 1. The summed E-state index contributed by atoms with van der Waals surface area (Å²) in [5.41, 5.74) is 0. The van der Waals surface area contributed by atoms with E-state index >= 15 is 0 Å². The minimum absolute atomic E-state index is 0.355. The Morgan fingerprint density at radius 1 is 1.11 bits per heavy atom. The van der Waals surface area contributed by atoms with Crippen LogP contribution in [0.5, 0.6) is 0 Å². The Morgan fingerprint density at radius 2 is 1.68 bits per heavy atom. The fourth-order valence-electron chi connectivity index (χ4n) is 3.47. The average molecular weight is 332 g/mol. The number of hydrogen-bond donors (Lipinski definition) is 1. The Hall–Kier alpha value is 0.0700. The molecule has 4 heteroatoms. The molecule has 0 aromatic heterocycles. The molecule has 19 heavy (non-hydrogen) atoms. The van der Waals surface area contributed by atoms with Gasteiger partial charge in [-0.25, -0.2) is 0 Å². The summed E-state index contributed by atoms with van der Waals surface area (Å²) in [6.45, 7) is 3.11. The van der Waals surface area contributed by atoms with E-state index in [2.05, 4.69) is 34.9 Å². The van der Waals surface area contributed by atoms with E-state index in [0.29, 0.717) is 16.5 Å². The van der Waals surface area contributed by atoms with Crippen molar-refractivity contribution in [1.29, 1.82) is 0 Å². The van der Waals surface area contributed by atoms with Crippen LogP contribution in [0.25, 0.3) is 0 Å². The molecule has 1 aliphatic carbocycles. The van der Waals surface area contributed by atoms with Crippen LogP contribution in [0.3, 0.4) is 0 Å². The summed E-state index contributed by atoms with van der Waals surface area (Å²) in [5.74, 6) is 0.880. The number of hydrogen-bond acceptors (Lipinski definition) is 2. The zero-order valence-corrected chi connectivity index (χ0v) is 13.9. The topological polar surface area (TPSA) is 24.8 Å². The molecule has 0 unspecified atom stereocenters. The third-order valence-electron chi connectivity index (χ3n) is 4.93. The molecule has 1 heterocycles. The Kier molecular flexibility index (Phi) is 5.85. The van der Waals surface area contributed by atoms with Gasteiger partial charge in [-0.05, 0) is 39.8 Å². The monoisotopic (exact) mass is 331 g/mol. The van der Waals surface area contributed by atoms with Gasteiger partial charge < -0.3 is 9.80 Å². The molecule has 1 N–H and O–H groups in total. The summed E-state index contributed by atoms with van der Waals surface area (Å²) in [5, 5.41) is 0. The van der Waals surface area contributed by atoms with Crippen LogP contribution in [0.15, 0.2) is 0 Å². The van der Waals surface area contributed by atoms with E-state index in [-0.39, 0.29) is 0 Å². The molecule has 0 radical (unpaired) electrons. The van der Waals surface area contributed by atoms with Gasteiger partial charge in [-0.1, -0.05) is 15.9 Å². The van der Waals surface area contributed by atoms with E-state index in [9.17, 15) is 4.79 Å². The number of alkyl halides is 1. The van der Waals surface area contributed by atoms with Crippen molar-refractivity contribution >= 4 is 21.7 Å². The maximum Gasteiger partial charge on any atom is 0.189 e. The molecule has 0 atom stereocenters. The van der Waals surface area contributed by atoms with Crippen molar-refractivity contribution in [3.63, 3.8) is 0 Å². The molecular weight excluding hydrogens is 304 g/mol. The Labute approximate surface area is 125 Å². The van der Waals surface area contributed by atoms with Gasteiger partial charge in [0.2, 0.25) is 0 Å². The number of quaternary nitrogens is 1. The first-order valence-electron chi connectivity index (χ1n) is 7.73. The quantitative estimate of drug-likeness (QED) is 0.781. The van der Waals surface area contributed by atoms with E-state index < -0.39 is 0 Å². The van der Waals surface area contributed by atoms with Crippen LogP contribution in [-0.4, -0.2) is 55.3 Å². The highest BCUT2D eigenvalue weighted by atomic mass is 79.9. The van der Waals surface area contributed by atoms with Gasteiger partial charge in [0, 0.05) is 29.6 Å². The number of rotatable bonds is 4. The van der Waals surface area contributed by atoms with E-state index in [1.807, 2.05) is 0 Å². The van der Waals surface area contributed by atoms with Crippen LogP contribution < -0.4 is 4.90 Å². The Bertz CT molecular complexity index is 293. The van der Waals surface area contributed by atoms with Gasteiger partial charge in [0.1, 0.15) is 6.54 Å². The number of carbonyl (C=O) groups is 1. The van der Waals surface area contributed by atoms with E-state index in [1.165, 1.54) is 43.7 Å². The average Bonchev–Trinajstić information content (AvgIpc) is 2.40. The first-order chi connectivity index (χ1) is 9.06. The highest BCUT2D eigenvalue weighted by molar-refractivity contribution is 9.09. The Balaban J connectivity index is 1.72. The van der Waals surface area contributed by atoms with Crippen molar-refractivity contribution in [3.8, 4) is 0 Å². The largest absolute Gasteiger partial charge is 0.329 e. The van der Waals surface area contributed by atoms with Crippen LogP contribution >= 0.6 is 15.9 Å². The van der Waals surface area contributed by atoms with Crippen molar-refractivity contribution in [2.75, 3.05) is 33.7 Å². The van der Waals surface area contributed by atoms with Gasteiger partial charge >= 0.3 is 0 Å². The molecule has 0 bridgehead atoms. The van der Waals surface area contributed by atoms with Crippen molar-refractivity contribution in [1.82, 2.24) is 4.90 Å². The second-order valence-electron chi connectivity index (χ2n) is 6.54. The highest BCUT2D eigenvalue weighted by Gasteiger charge is 2.30. The van der Waals surface area contributed by atoms with Gasteiger partial charge in [-0.2, -0.15) is 0 Å². The summed E-state index contributed by atoms with van der Waals surface area (Å²) in [6, 6.07) is 0.725. The molecule has 110 valence electrons. The zero-order chi connectivity index (χ0) is 13.8. The minimum Gasteiger partial charge on any atom is -0.329 e.